The van der Waals surface area contributed by atoms with Crippen molar-refractivity contribution in [1.29, 1.82) is 0 Å². The molecule has 0 aliphatic rings. The zero-order valence-electron chi connectivity index (χ0n) is 13.4. The van der Waals surface area contributed by atoms with Crippen LogP contribution in [0.1, 0.15) is 13.8 Å². The second-order valence-corrected chi connectivity index (χ2v) is 7.32. The topological polar surface area (TPSA) is 60.5 Å². The van der Waals surface area contributed by atoms with Gasteiger partial charge in [0.05, 0.1) is 22.0 Å². The number of halogens is 2. The lowest BCUT2D eigenvalue weighted by Crippen LogP contribution is -2.18. The molecule has 0 radical (unpaired) electrons. The van der Waals surface area contributed by atoms with Crippen LogP contribution in [0.4, 0.5) is 14.9 Å². The fraction of sp³-hybridized carbons (Fsp3) is 0.176. The Morgan fingerprint density at radius 1 is 1.28 bits per heavy atom. The van der Waals surface area contributed by atoms with E-state index in [9.17, 15) is 9.18 Å². The van der Waals surface area contributed by atoms with Crippen molar-refractivity contribution in [2.75, 3.05) is 5.32 Å². The second kappa shape index (κ2) is 7.37. The number of hydrogen-bond donors (Lipinski definition) is 1. The Hall–Kier alpha value is -2.19. The van der Waals surface area contributed by atoms with E-state index >= 15 is 0 Å². The third-order valence-electron chi connectivity index (χ3n) is 3.05. The molecule has 2 aromatic carbocycles. The fourth-order valence-electron chi connectivity index (χ4n) is 2.09. The zero-order chi connectivity index (χ0) is 18.0. The van der Waals surface area contributed by atoms with Crippen LogP contribution in [-0.2, 0) is 0 Å². The highest BCUT2D eigenvalue weighted by Crippen LogP contribution is 2.31. The number of anilines is 1. The molecular weight excluding hydrogens is 411 g/mol. The Balaban J connectivity index is 1.76. The maximum Gasteiger partial charge on any atom is 0.419 e. The van der Waals surface area contributed by atoms with Gasteiger partial charge < -0.3 is 9.47 Å². The standard InChI is InChI=1S/C17H14BrFN2O3S/c1-9(2)23-14-5-4-11(19)8-12(14)20-16(22)24-17-21-13-7-10(18)3-6-15(13)25-17/h3-9H,1-2H3,(H,20,22). The van der Waals surface area contributed by atoms with Gasteiger partial charge in [0, 0.05) is 10.5 Å². The number of fused-ring (bicyclic) bond motifs is 1. The lowest BCUT2D eigenvalue weighted by atomic mass is 10.3. The van der Waals surface area contributed by atoms with E-state index in [4.69, 9.17) is 9.47 Å². The van der Waals surface area contributed by atoms with Crippen LogP contribution in [0.3, 0.4) is 0 Å². The molecule has 0 unspecified atom stereocenters. The van der Waals surface area contributed by atoms with Crippen molar-refractivity contribution >= 4 is 49.3 Å². The van der Waals surface area contributed by atoms with Crippen LogP contribution in [0.25, 0.3) is 10.2 Å². The molecule has 0 aliphatic heterocycles. The Morgan fingerprint density at radius 3 is 2.84 bits per heavy atom. The van der Waals surface area contributed by atoms with E-state index in [1.54, 1.807) is 0 Å². The molecule has 1 heterocycles. The zero-order valence-corrected chi connectivity index (χ0v) is 15.8. The molecule has 0 saturated heterocycles. The molecule has 0 aliphatic carbocycles. The van der Waals surface area contributed by atoms with Crippen molar-refractivity contribution in [3.8, 4) is 10.9 Å². The highest BCUT2D eigenvalue weighted by Gasteiger charge is 2.14. The van der Waals surface area contributed by atoms with Gasteiger partial charge in [-0.3, -0.25) is 5.32 Å². The molecule has 1 amide bonds. The number of carbonyl (C=O) groups is 1. The van der Waals surface area contributed by atoms with Gasteiger partial charge in [0.2, 0.25) is 0 Å². The van der Waals surface area contributed by atoms with Gasteiger partial charge >= 0.3 is 6.09 Å². The molecule has 5 nitrogen and oxygen atoms in total. The van der Waals surface area contributed by atoms with E-state index in [1.165, 1.54) is 29.5 Å². The average Bonchev–Trinajstić information content (AvgIpc) is 2.90. The van der Waals surface area contributed by atoms with E-state index < -0.39 is 11.9 Å². The molecule has 0 bridgehead atoms. The van der Waals surface area contributed by atoms with Crippen molar-refractivity contribution in [3.05, 3.63) is 46.7 Å². The predicted octanol–water partition coefficient (Wildman–Crippen LogP) is 5.60. The summed E-state index contributed by atoms with van der Waals surface area (Å²) >= 11 is 4.61. The summed E-state index contributed by atoms with van der Waals surface area (Å²) in [7, 11) is 0. The highest BCUT2D eigenvalue weighted by atomic mass is 79.9. The third-order valence-corrected chi connectivity index (χ3v) is 4.46. The van der Waals surface area contributed by atoms with Crippen LogP contribution in [-0.4, -0.2) is 17.2 Å². The van der Waals surface area contributed by atoms with Crippen LogP contribution in [0.15, 0.2) is 40.9 Å². The molecule has 8 heteroatoms. The van der Waals surface area contributed by atoms with Crippen molar-refractivity contribution in [3.63, 3.8) is 0 Å². The minimum Gasteiger partial charge on any atom is -0.489 e. The summed E-state index contributed by atoms with van der Waals surface area (Å²) in [4.78, 5) is 16.4. The average molecular weight is 425 g/mol. The van der Waals surface area contributed by atoms with Gasteiger partial charge in [0.15, 0.2) is 0 Å². The summed E-state index contributed by atoms with van der Waals surface area (Å²) < 4.78 is 26.0. The van der Waals surface area contributed by atoms with E-state index in [2.05, 4.69) is 26.2 Å². The van der Waals surface area contributed by atoms with E-state index in [-0.39, 0.29) is 17.0 Å². The normalized spacial score (nSPS) is 10.9. The molecule has 25 heavy (non-hydrogen) atoms. The predicted molar refractivity (Wildman–Crippen MR) is 99.1 cm³/mol. The van der Waals surface area contributed by atoms with Crippen molar-refractivity contribution in [2.24, 2.45) is 0 Å². The molecule has 3 aromatic rings. The van der Waals surface area contributed by atoms with Crippen LogP contribution in [0, 0.1) is 5.82 Å². The monoisotopic (exact) mass is 424 g/mol. The molecule has 0 saturated carbocycles. The molecule has 1 N–H and O–H groups in total. The number of nitrogens with one attached hydrogen (secondary N) is 1. The first kappa shape index (κ1) is 17.6. The maximum atomic E-state index is 13.5. The van der Waals surface area contributed by atoms with Gasteiger partial charge in [-0.2, -0.15) is 0 Å². The summed E-state index contributed by atoms with van der Waals surface area (Å²) in [6.07, 6.45) is -0.887. The molecular formula is C17H14BrFN2O3S. The number of benzene rings is 2. The smallest absolute Gasteiger partial charge is 0.419 e. The fourth-order valence-corrected chi connectivity index (χ4v) is 3.24. The molecule has 0 atom stereocenters. The van der Waals surface area contributed by atoms with E-state index in [1.807, 2.05) is 32.0 Å². The number of rotatable bonds is 4. The number of hydrogen-bond acceptors (Lipinski definition) is 5. The summed E-state index contributed by atoms with van der Waals surface area (Å²) in [6.45, 7) is 3.68. The van der Waals surface area contributed by atoms with E-state index in [0.717, 1.165) is 14.7 Å². The van der Waals surface area contributed by atoms with Crippen LogP contribution < -0.4 is 14.8 Å². The number of aromatic nitrogens is 1. The number of nitrogens with zero attached hydrogens (tertiary/aromatic N) is 1. The Morgan fingerprint density at radius 2 is 2.08 bits per heavy atom. The van der Waals surface area contributed by atoms with Crippen LogP contribution in [0.2, 0.25) is 0 Å². The molecule has 1 aromatic heterocycles. The van der Waals surface area contributed by atoms with Crippen molar-refractivity contribution < 1.29 is 18.7 Å². The minimum atomic E-state index is -0.766. The molecule has 130 valence electrons. The first-order chi connectivity index (χ1) is 11.9. The Kier molecular flexibility index (Phi) is 5.19. The lowest BCUT2D eigenvalue weighted by Gasteiger charge is -2.14. The maximum absolute atomic E-state index is 13.5. The molecule has 0 fully saturated rings. The quantitative estimate of drug-likeness (QED) is 0.592. The summed E-state index contributed by atoms with van der Waals surface area (Å²) in [5.41, 5.74) is 0.916. The van der Waals surface area contributed by atoms with Crippen LogP contribution >= 0.6 is 27.3 Å². The van der Waals surface area contributed by atoms with Crippen molar-refractivity contribution in [2.45, 2.75) is 20.0 Å². The van der Waals surface area contributed by atoms with Crippen LogP contribution in [0.5, 0.6) is 10.9 Å². The number of amides is 1. The highest BCUT2D eigenvalue weighted by molar-refractivity contribution is 9.10. The Labute approximate surface area is 155 Å². The third kappa shape index (κ3) is 4.46. The number of carbonyl (C=O) groups excluding carboxylic acids is 1. The van der Waals surface area contributed by atoms with Gasteiger partial charge in [-0.15, -0.1) is 0 Å². The molecule has 3 rings (SSSR count). The summed E-state index contributed by atoms with van der Waals surface area (Å²) in [5, 5.41) is 2.69. The largest absolute Gasteiger partial charge is 0.489 e. The molecule has 0 spiro atoms. The van der Waals surface area contributed by atoms with Gasteiger partial charge in [0.1, 0.15) is 11.6 Å². The summed E-state index contributed by atoms with van der Waals surface area (Å²) in [5.74, 6) is -0.127. The van der Waals surface area contributed by atoms with Gasteiger partial charge in [-0.05, 0) is 44.2 Å². The second-order valence-electron chi connectivity index (χ2n) is 5.41. The summed E-state index contributed by atoms with van der Waals surface area (Å²) in [6, 6.07) is 9.49. The lowest BCUT2D eigenvalue weighted by molar-refractivity contribution is 0.214. The first-order valence-electron chi connectivity index (χ1n) is 7.42. The number of ether oxygens (including phenoxy) is 2. The van der Waals surface area contributed by atoms with Crippen molar-refractivity contribution in [1.82, 2.24) is 4.98 Å². The van der Waals surface area contributed by atoms with Gasteiger partial charge in [-0.1, -0.05) is 27.3 Å². The number of thiazole rings is 1. The van der Waals surface area contributed by atoms with Gasteiger partial charge in [0.25, 0.3) is 5.19 Å². The minimum absolute atomic E-state index is 0.121. The van der Waals surface area contributed by atoms with Gasteiger partial charge in [-0.25, -0.2) is 14.2 Å². The SMILES string of the molecule is CC(C)Oc1ccc(F)cc1NC(=O)Oc1nc2cc(Br)ccc2s1. The Bertz CT molecular complexity index is 929. The first-order valence-corrected chi connectivity index (χ1v) is 9.03. The van der Waals surface area contributed by atoms with E-state index in [0.29, 0.717) is 5.75 Å².